The number of thioether (sulfide) groups is 1. The molecule has 78 valence electrons. The molecule has 15 heavy (non-hydrogen) atoms. The summed E-state index contributed by atoms with van der Waals surface area (Å²) in [5.74, 6) is 1.57. The first kappa shape index (κ1) is 11.0. The average Bonchev–Trinajstić information content (AvgIpc) is 2.63. The SMILES string of the molecule is Clc1ccc(CSc2ncccc2Br)o1. The normalized spacial score (nSPS) is 10.5. The van der Waals surface area contributed by atoms with Crippen LogP contribution in [0.2, 0.25) is 5.22 Å². The summed E-state index contributed by atoms with van der Waals surface area (Å²) in [4.78, 5) is 4.24. The minimum absolute atomic E-state index is 0.422. The summed E-state index contributed by atoms with van der Waals surface area (Å²) < 4.78 is 6.24. The predicted molar refractivity (Wildman–Crippen MR) is 65.2 cm³/mol. The Morgan fingerprint density at radius 2 is 2.27 bits per heavy atom. The van der Waals surface area contributed by atoms with Gasteiger partial charge in [0, 0.05) is 10.7 Å². The quantitative estimate of drug-likeness (QED) is 0.787. The molecule has 0 aliphatic heterocycles. The van der Waals surface area contributed by atoms with Crippen molar-refractivity contribution in [3.63, 3.8) is 0 Å². The molecule has 2 rings (SSSR count). The van der Waals surface area contributed by atoms with Crippen molar-refractivity contribution in [3.8, 4) is 0 Å². The lowest BCUT2D eigenvalue weighted by Gasteiger charge is -2.00. The number of hydrogen-bond donors (Lipinski definition) is 0. The average molecular weight is 305 g/mol. The van der Waals surface area contributed by atoms with Crippen LogP contribution in [0.15, 0.2) is 44.4 Å². The summed E-state index contributed by atoms with van der Waals surface area (Å²) in [6, 6.07) is 7.46. The van der Waals surface area contributed by atoms with Crippen molar-refractivity contribution in [1.29, 1.82) is 0 Å². The van der Waals surface area contributed by atoms with Crippen molar-refractivity contribution in [2.45, 2.75) is 10.8 Å². The number of aromatic nitrogens is 1. The van der Waals surface area contributed by atoms with Crippen LogP contribution in [0.1, 0.15) is 5.76 Å². The van der Waals surface area contributed by atoms with Crippen LogP contribution in [0.5, 0.6) is 0 Å². The van der Waals surface area contributed by atoms with Crippen LogP contribution in [0.4, 0.5) is 0 Å². The fourth-order valence-electron chi connectivity index (χ4n) is 1.05. The van der Waals surface area contributed by atoms with Gasteiger partial charge in [-0.05, 0) is 51.8 Å². The lowest BCUT2D eigenvalue weighted by Crippen LogP contribution is -1.81. The molecular formula is C10H7BrClNOS. The standard InChI is InChI=1S/C10H7BrClNOS/c11-8-2-1-5-13-10(8)15-6-7-3-4-9(12)14-7/h1-5H,6H2. The zero-order valence-electron chi connectivity index (χ0n) is 7.61. The van der Waals surface area contributed by atoms with Crippen molar-refractivity contribution in [1.82, 2.24) is 4.98 Å². The van der Waals surface area contributed by atoms with Gasteiger partial charge in [0.05, 0.1) is 5.75 Å². The maximum atomic E-state index is 5.67. The second kappa shape index (κ2) is 5.05. The Hall–Kier alpha value is -0.450. The van der Waals surface area contributed by atoms with Crippen LogP contribution in [0.3, 0.4) is 0 Å². The van der Waals surface area contributed by atoms with Crippen molar-refractivity contribution in [3.05, 3.63) is 45.9 Å². The van der Waals surface area contributed by atoms with Gasteiger partial charge in [-0.1, -0.05) is 11.8 Å². The van der Waals surface area contributed by atoms with Crippen molar-refractivity contribution < 1.29 is 4.42 Å². The maximum Gasteiger partial charge on any atom is 0.193 e. The third-order valence-corrected chi connectivity index (χ3v) is 3.84. The third-order valence-electron chi connectivity index (χ3n) is 1.70. The van der Waals surface area contributed by atoms with E-state index in [-0.39, 0.29) is 0 Å². The van der Waals surface area contributed by atoms with Gasteiger partial charge < -0.3 is 4.42 Å². The summed E-state index contributed by atoms with van der Waals surface area (Å²) in [5, 5.41) is 1.37. The van der Waals surface area contributed by atoms with Crippen LogP contribution in [-0.4, -0.2) is 4.98 Å². The summed E-state index contributed by atoms with van der Waals surface area (Å²) in [5.41, 5.74) is 0. The van der Waals surface area contributed by atoms with E-state index < -0.39 is 0 Å². The lowest BCUT2D eigenvalue weighted by molar-refractivity contribution is 0.532. The van der Waals surface area contributed by atoms with Gasteiger partial charge in [0.2, 0.25) is 0 Å². The smallest absolute Gasteiger partial charge is 0.193 e. The largest absolute Gasteiger partial charge is 0.449 e. The van der Waals surface area contributed by atoms with E-state index >= 15 is 0 Å². The first-order valence-corrected chi connectivity index (χ1v) is 6.39. The van der Waals surface area contributed by atoms with Gasteiger partial charge >= 0.3 is 0 Å². The molecule has 2 heterocycles. The number of furan rings is 1. The Morgan fingerprint density at radius 1 is 1.40 bits per heavy atom. The molecule has 2 aromatic rings. The fourth-order valence-corrected chi connectivity index (χ4v) is 2.58. The van der Waals surface area contributed by atoms with Crippen LogP contribution in [-0.2, 0) is 5.75 Å². The monoisotopic (exact) mass is 303 g/mol. The third kappa shape index (κ3) is 3.00. The highest BCUT2D eigenvalue weighted by atomic mass is 79.9. The summed E-state index contributed by atoms with van der Waals surface area (Å²) in [6.45, 7) is 0. The Balaban J connectivity index is 2.02. The Kier molecular flexibility index (Phi) is 3.72. The molecule has 0 unspecified atom stereocenters. The van der Waals surface area contributed by atoms with Gasteiger partial charge in [0.1, 0.15) is 10.8 Å². The molecule has 0 spiro atoms. The van der Waals surface area contributed by atoms with Gasteiger partial charge in [-0.15, -0.1) is 0 Å². The van der Waals surface area contributed by atoms with Crippen molar-refractivity contribution >= 4 is 39.3 Å². The molecule has 0 aliphatic rings. The Morgan fingerprint density at radius 3 is 2.93 bits per heavy atom. The summed E-state index contributed by atoms with van der Waals surface area (Å²) >= 11 is 10.7. The summed E-state index contributed by atoms with van der Waals surface area (Å²) in [6.07, 6.45) is 1.77. The number of pyridine rings is 1. The molecular weight excluding hydrogens is 298 g/mol. The molecule has 2 aromatic heterocycles. The molecule has 0 amide bonds. The van der Waals surface area contributed by atoms with E-state index in [1.165, 1.54) is 0 Å². The number of rotatable bonds is 3. The topological polar surface area (TPSA) is 26.0 Å². The molecule has 0 bridgehead atoms. The molecule has 0 saturated heterocycles. The Labute approximate surface area is 105 Å². The van der Waals surface area contributed by atoms with E-state index in [1.54, 1.807) is 24.0 Å². The first-order valence-electron chi connectivity index (χ1n) is 4.23. The van der Waals surface area contributed by atoms with E-state index in [2.05, 4.69) is 20.9 Å². The van der Waals surface area contributed by atoms with E-state index in [9.17, 15) is 0 Å². The molecule has 0 saturated carbocycles. The second-order valence-electron chi connectivity index (χ2n) is 2.78. The van der Waals surface area contributed by atoms with E-state index in [1.807, 2.05) is 18.2 Å². The second-order valence-corrected chi connectivity index (χ2v) is 4.98. The minimum Gasteiger partial charge on any atom is -0.449 e. The van der Waals surface area contributed by atoms with Crippen LogP contribution >= 0.6 is 39.3 Å². The van der Waals surface area contributed by atoms with Gasteiger partial charge in [-0.3, -0.25) is 0 Å². The number of hydrogen-bond acceptors (Lipinski definition) is 3. The fraction of sp³-hybridized carbons (Fsp3) is 0.100. The molecule has 0 aliphatic carbocycles. The minimum atomic E-state index is 0.422. The van der Waals surface area contributed by atoms with E-state index in [0.29, 0.717) is 5.22 Å². The highest BCUT2D eigenvalue weighted by molar-refractivity contribution is 9.10. The van der Waals surface area contributed by atoms with Gasteiger partial charge in [0.15, 0.2) is 5.22 Å². The lowest BCUT2D eigenvalue weighted by atomic mass is 10.5. The van der Waals surface area contributed by atoms with Crippen molar-refractivity contribution in [2.24, 2.45) is 0 Å². The highest BCUT2D eigenvalue weighted by Gasteiger charge is 2.04. The molecule has 5 heteroatoms. The van der Waals surface area contributed by atoms with E-state index in [0.717, 1.165) is 21.0 Å². The molecule has 0 aromatic carbocycles. The van der Waals surface area contributed by atoms with Gasteiger partial charge in [-0.2, -0.15) is 0 Å². The van der Waals surface area contributed by atoms with Crippen molar-refractivity contribution in [2.75, 3.05) is 0 Å². The summed E-state index contributed by atoms with van der Waals surface area (Å²) in [7, 11) is 0. The predicted octanol–water partition coefficient (Wildman–Crippen LogP) is 4.38. The molecule has 2 nitrogen and oxygen atoms in total. The maximum absolute atomic E-state index is 5.67. The zero-order chi connectivity index (χ0) is 10.7. The molecule has 0 radical (unpaired) electrons. The first-order chi connectivity index (χ1) is 7.25. The molecule has 0 atom stereocenters. The van der Waals surface area contributed by atoms with Gasteiger partial charge in [0.25, 0.3) is 0 Å². The van der Waals surface area contributed by atoms with Gasteiger partial charge in [-0.25, -0.2) is 4.98 Å². The zero-order valence-corrected chi connectivity index (χ0v) is 10.8. The molecule has 0 N–H and O–H groups in total. The number of halogens is 2. The van der Waals surface area contributed by atoms with E-state index in [4.69, 9.17) is 16.0 Å². The number of nitrogens with zero attached hydrogens (tertiary/aromatic N) is 1. The van der Waals surface area contributed by atoms with Crippen LogP contribution in [0, 0.1) is 0 Å². The van der Waals surface area contributed by atoms with Crippen LogP contribution in [0.25, 0.3) is 0 Å². The van der Waals surface area contributed by atoms with Crippen LogP contribution < -0.4 is 0 Å². The molecule has 0 fully saturated rings. The highest BCUT2D eigenvalue weighted by Crippen LogP contribution is 2.28. The Bertz CT molecular complexity index is 460.